The summed E-state index contributed by atoms with van der Waals surface area (Å²) in [6.07, 6.45) is 4.86. The number of aromatic nitrogens is 1. The second kappa shape index (κ2) is 6.38. The average Bonchev–Trinajstić information content (AvgIpc) is 2.20. The van der Waals surface area contributed by atoms with Gasteiger partial charge in [-0.05, 0) is 24.5 Å². The second-order valence-corrected chi connectivity index (χ2v) is 3.26. The summed E-state index contributed by atoms with van der Waals surface area (Å²) in [7, 11) is 0. The summed E-state index contributed by atoms with van der Waals surface area (Å²) in [5.41, 5.74) is 6.77. The van der Waals surface area contributed by atoms with Gasteiger partial charge in [-0.2, -0.15) is 0 Å². The lowest BCUT2D eigenvalue weighted by Crippen LogP contribution is -2.03. The molecule has 0 saturated heterocycles. The molecule has 0 spiro atoms. The van der Waals surface area contributed by atoms with Crippen molar-refractivity contribution in [2.75, 3.05) is 18.9 Å². The molecule has 0 aromatic carbocycles. The molecule has 3 heteroatoms. The van der Waals surface area contributed by atoms with Crippen LogP contribution in [0.25, 0.3) is 0 Å². The summed E-state index contributed by atoms with van der Waals surface area (Å²) in [6, 6.07) is 3.89. The third-order valence-corrected chi connectivity index (χ3v) is 2.08. The van der Waals surface area contributed by atoms with Crippen LogP contribution in [0.5, 0.6) is 0 Å². The predicted octanol–water partition coefficient (Wildman–Crippen LogP) is 2.02. The Hall–Kier alpha value is -1.09. The summed E-state index contributed by atoms with van der Waals surface area (Å²) >= 11 is 0. The number of nitrogen functional groups attached to an aromatic ring is 1. The van der Waals surface area contributed by atoms with E-state index in [0.29, 0.717) is 5.82 Å². The highest BCUT2D eigenvalue weighted by molar-refractivity contribution is 5.38. The molecular weight excluding hydrogens is 176 g/mol. The van der Waals surface area contributed by atoms with Gasteiger partial charge in [0.1, 0.15) is 5.82 Å². The van der Waals surface area contributed by atoms with Crippen LogP contribution in [0.15, 0.2) is 18.3 Å². The van der Waals surface area contributed by atoms with Crippen LogP contribution in [-0.4, -0.2) is 18.2 Å². The van der Waals surface area contributed by atoms with Crippen LogP contribution in [0.4, 0.5) is 5.82 Å². The van der Waals surface area contributed by atoms with E-state index in [1.807, 2.05) is 12.1 Å². The lowest BCUT2D eigenvalue weighted by molar-refractivity contribution is 0.134. The standard InChI is InChI=1S/C11H18N2O/c1-2-3-8-14-9-6-10-5-4-7-13-11(10)12/h4-5,7H,2-3,6,8-9H2,1H3,(H2,12,13). The van der Waals surface area contributed by atoms with Gasteiger partial charge in [-0.3, -0.25) is 0 Å². The predicted molar refractivity (Wildman–Crippen MR) is 58.1 cm³/mol. The zero-order valence-electron chi connectivity index (χ0n) is 8.70. The normalized spacial score (nSPS) is 10.4. The largest absolute Gasteiger partial charge is 0.383 e. The number of hydrogen-bond acceptors (Lipinski definition) is 3. The van der Waals surface area contributed by atoms with Gasteiger partial charge in [-0.15, -0.1) is 0 Å². The van der Waals surface area contributed by atoms with Crippen molar-refractivity contribution in [2.45, 2.75) is 26.2 Å². The van der Waals surface area contributed by atoms with E-state index in [-0.39, 0.29) is 0 Å². The number of nitrogens with zero attached hydrogens (tertiary/aromatic N) is 1. The van der Waals surface area contributed by atoms with Crippen molar-refractivity contribution in [2.24, 2.45) is 0 Å². The van der Waals surface area contributed by atoms with Crippen molar-refractivity contribution in [1.29, 1.82) is 0 Å². The number of ether oxygens (including phenoxy) is 1. The van der Waals surface area contributed by atoms with E-state index < -0.39 is 0 Å². The van der Waals surface area contributed by atoms with Crippen molar-refractivity contribution in [3.8, 4) is 0 Å². The smallest absolute Gasteiger partial charge is 0.126 e. The summed E-state index contributed by atoms with van der Waals surface area (Å²) in [5, 5.41) is 0. The molecule has 14 heavy (non-hydrogen) atoms. The highest BCUT2D eigenvalue weighted by Gasteiger charge is 1.98. The molecule has 0 atom stereocenters. The van der Waals surface area contributed by atoms with E-state index in [1.54, 1.807) is 6.20 Å². The van der Waals surface area contributed by atoms with Crippen LogP contribution < -0.4 is 5.73 Å². The second-order valence-electron chi connectivity index (χ2n) is 3.26. The molecule has 3 nitrogen and oxygen atoms in total. The van der Waals surface area contributed by atoms with Crippen molar-refractivity contribution in [3.05, 3.63) is 23.9 Å². The van der Waals surface area contributed by atoms with Gasteiger partial charge >= 0.3 is 0 Å². The SMILES string of the molecule is CCCCOCCc1cccnc1N. The fourth-order valence-corrected chi connectivity index (χ4v) is 1.19. The Balaban J connectivity index is 2.21. The van der Waals surface area contributed by atoms with Crippen molar-refractivity contribution < 1.29 is 4.74 Å². The Kier molecular flexibility index (Phi) is 5.00. The van der Waals surface area contributed by atoms with Gasteiger partial charge in [0.05, 0.1) is 6.61 Å². The van der Waals surface area contributed by atoms with Gasteiger partial charge in [0.2, 0.25) is 0 Å². The summed E-state index contributed by atoms with van der Waals surface area (Å²) in [4.78, 5) is 4.02. The van der Waals surface area contributed by atoms with E-state index in [0.717, 1.165) is 31.6 Å². The fraction of sp³-hybridized carbons (Fsp3) is 0.545. The molecule has 0 aliphatic carbocycles. The van der Waals surface area contributed by atoms with E-state index in [4.69, 9.17) is 10.5 Å². The Morgan fingerprint density at radius 3 is 3.00 bits per heavy atom. The van der Waals surface area contributed by atoms with E-state index in [9.17, 15) is 0 Å². The van der Waals surface area contributed by atoms with E-state index in [1.165, 1.54) is 6.42 Å². The Bertz CT molecular complexity index is 263. The van der Waals surface area contributed by atoms with Crippen LogP contribution >= 0.6 is 0 Å². The molecule has 0 amide bonds. The fourth-order valence-electron chi connectivity index (χ4n) is 1.19. The first-order valence-electron chi connectivity index (χ1n) is 5.11. The van der Waals surface area contributed by atoms with Crippen LogP contribution in [0.3, 0.4) is 0 Å². The van der Waals surface area contributed by atoms with Gasteiger partial charge in [-0.1, -0.05) is 19.4 Å². The maximum absolute atomic E-state index is 5.69. The Morgan fingerprint density at radius 2 is 2.29 bits per heavy atom. The number of nitrogens with two attached hydrogens (primary N) is 1. The summed E-state index contributed by atoms with van der Waals surface area (Å²) in [5.74, 6) is 0.617. The lowest BCUT2D eigenvalue weighted by atomic mass is 10.2. The van der Waals surface area contributed by atoms with E-state index in [2.05, 4.69) is 11.9 Å². The Morgan fingerprint density at radius 1 is 1.43 bits per heavy atom. The molecule has 0 unspecified atom stereocenters. The number of pyridine rings is 1. The lowest BCUT2D eigenvalue weighted by Gasteiger charge is -2.05. The van der Waals surface area contributed by atoms with Gasteiger partial charge in [0, 0.05) is 12.8 Å². The molecule has 0 radical (unpaired) electrons. The third kappa shape index (κ3) is 3.75. The van der Waals surface area contributed by atoms with Crippen molar-refractivity contribution >= 4 is 5.82 Å². The first-order valence-corrected chi connectivity index (χ1v) is 5.11. The maximum atomic E-state index is 5.69. The molecule has 0 fully saturated rings. The summed E-state index contributed by atoms with van der Waals surface area (Å²) < 4.78 is 5.45. The zero-order valence-corrected chi connectivity index (χ0v) is 8.70. The number of hydrogen-bond donors (Lipinski definition) is 1. The molecule has 0 bridgehead atoms. The minimum absolute atomic E-state index is 0.617. The molecule has 78 valence electrons. The van der Waals surface area contributed by atoms with Crippen molar-refractivity contribution in [3.63, 3.8) is 0 Å². The quantitative estimate of drug-likeness (QED) is 0.705. The van der Waals surface area contributed by atoms with Gasteiger partial charge in [-0.25, -0.2) is 4.98 Å². The molecule has 1 rings (SSSR count). The molecule has 0 aliphatic heterocycles. The van der Waals surface area contributed by atoms with Gasteiger partial charge in [0.15, 0.2) is 0 Å². The average molecular weight is 194 g/mol. The van der Waals surface area contributed by atoms with Gasteiger partial charge < -0.3 is 10.5 Å². The minimum atomic E-state index is 0.617. The van der Waals surface area contributed by atoms with Gasteiger partial charge in [0.25, 0.3) is 0 Å². The van der Waals surface area contributed by atoms with Crippen molar-refractivity contribution in [1.82, 2.24) is 4.98 Å². The first-order chi connectivity index (χ1) is 6.84. The minimum Gasteiger partial charge on any atom is -0.383 e. The van der Waals surface area contributed by atoms with E-state index >= 15 is 0 Å². The monoisotopic (exact) mass is 194 g/mol. The first kappa shape index (κ1) is 11.0. The molecule has 1 heterocycles. The van der Waals surface area contributed by atoms with Crippen LogP contribution in [0, 0.1) is 0 Å². The zero-order chi connectivity index (χ0) is 10.2. The molecule has 1 aromatic heterocycles. The maximum Gasteiger partial charge on any atom is 0.126 e. The Labute approximate surface area is 85.3 Å². The summed E-state index contributed by atoms with van der Waals surface area (Å²) in [6.45, 7) is 3.73. The van der Waals surface area contributed by atoms with Crippen LogP contribution in [-0.2, 0) is 11.2 Å². The number of rotatable bonds is 6. The highest BCUT2D eigenvalue weighted by atomic mass is 16.5. The molecule has 0 aliphatic rings. The number of anilines is 1. The highest BCUT2D eigenvalue weighted by Crippen LogP contribution is 2.07. The number of unbranched alkanes of at least 4 members (excludes halogenated alkanes) is 1. The molecular formula is C11H18N2O. The third-order valence-electron chi connectivity index (χ3n) is 2.08. The molecule has 2 N–H and O–H groups in total. The molecule has 1 aromatic rings. The van der Waals surface area contributed by atoms with Crippen LogP contribution in [0.1, 0.15) is 25.3 Å². The topological polar surface area (TPSA) is 48.1 Å². The molecule has 0 saturated carbocycles. The van der Waals surface area contributed by atoms with Crippen LogP contribution in [0.2, 0.25) is 0 Å².